The third-order valence-electron chi connectivity index (χ3n) is 3.42. The van der Waals surface area contributed by atoms with Crippen molar-refractivity contribution in [2.45, 2.75) is 19.6 Å². The first-order chi connectivity index (χ1) is 10.1. The molecule has 5 heteroatoms. The molecule has 2 aromatic carbocycles. The molecule has 0 aliphatic carbocycles. The number of carbonyl (C=O) groups excluding carboxylic acids is 1. The Labute approximate surface area is 142 Å². The molecule has 1 heterocycles. The number of hydrogen-bond donors (Lipinski definition) is 0. The first-order valence-electron chi connectivity index (χ1n) is 6.57. The molecule has 2 aromatic rings. The van der Waals surface area contributed by atoms with Crippen molar-refractivity contribution in [2.24, 2.45) is 0 Å². The number of nitrogens with zero attached hydrogens (tertiary/aromatic N) is 1. The quantitative estimate of drug-likeness (QED) is 0.689. The maximum atomic E-state index is 12.4. The van der Waals surface area contributed by atoms with Crippen LogP contribution in [0.1, 0.15) is 12.5 Å². The molecule has 0 bridgehead atoms. The molecule has 108 valence electrons. The van der Waals surface area contributed by atoms with Gasteiger partial charge in [0.1, 0.15) is 5.75 Å². The highest BCUT2D eigenvalue weighted by Crippen LogP contribution is 2.36. The van der Waals surface area contributed by atoms with E-state index in [1.54, 1.807) is 11.8 Å². The van der Waals surface area contributed by atoms with Crippen molar-refractivity contribution in [3.05, 3.63) is 56.6 Å². The molecule has 1 aliphatic rings. The predicted molar refractivity (Wildman–Crippen MR) is 91.9 cm³/mol. The Kier molecular flexibility index (Phi) is 4.08. The molecule has 1 unspecified atom stereocenters. The Morgan fingerprint density at radius 3 is 2.81 bits per heavy atom. The van der Waals surface area contributed by atoms with Gasteiger partial charge in [-0.2, -0.15) is 0 Å². The number of benzene rings is 2. The van der Waals surface area contributed by atoms with Gasteiger partial charge in [0.15, 0.2) is 6.10 Å². The zero-order chi connectivity index (χ0) is 15.0. The third kappa shape index (κ3) is 2.87. The van der Waals surface area contributed by atoms with Gasteiger partial charge < -0.3 is 9.64 Å². The third-order valence-corrected chi connectivity index (χ3v) is 4.46. The van der Waals surface area contributed by atoms with E-state index in [1.807, 2.05) is 42.5 Å². The molecule has 1 aliphatic heterocycles. The first kappa shape index (κ1) is 14.7. The number of amides is 1. The minimum Gasteiger partial charge on any atom is -0.479 e. The lowest BCUT2D eigenvalue weighted by atomic mass is 10.1. The summed E-state index contributed by atoms with van der Waals surface area (Å²) in [6.45, 7) is 2.21. The van der Waals surface area contributed by atoms with Crippen molar-refractivity contribution in [1.82, 2.24) is 0 Å². The average molecular weight is 414 g/mol. The topological polar surface area (TPSA) is 29.5 Å². The number of ether oxygens (including phenoxy) is 1. The highest BCUT2D eigenvalue weighted by atomic mass is 127. The maximum absolute atomic E-state index is 12.4. The summed E-state index contributed by atoms with van der Waals surface area (Å²) >= 11 is 8.44. The molecule has 0 aromatic heterocycles. The van der Waals surface area contributed by atoms with Crippen LogP contribution in [0.15, 0.2) is 42.5 Å². The molecule has 1 atom stereocenters. The maximum Gasteiger partial charge on any atom is 0.268 e. The molecule has 3 rings (SSSR count). The summed E-state index contributed by atoms with van der Waals surface area (Å²) in [7, 11) is 0. The molecule has 0 fully saturated rings. The monoisotopic (exact) mass is 413 g/mol. The van der Waals surface area contributed by atoms with Gasteiger partial charge in [-0.15, -0.1) is 0 Å². The van der Waals surface area contributed by atoms with Crippen LogP contribution in [0.5, 0.6) is 5.75 Å². The Morgan fingerprint density at radius 2 is 2.05 bits per heavy atom. The second kappa shape index (κ2) is 5.85. The van der Waals surface area contributed by atoms with Crippen molar-refractivity contribution in [2.75, 3.05) is 4.90 Å². The summed E-state index contributed by atoms with van der Waals surface area (Å²) in [5, 5.41) is 0.663. The predicted octanol–water partition coefficient (Wildman–Crippen LogP) is 4.26. The van der Waals surface area contributed by atoms with Crippen molar-refractivity contribution in [1.29, 1.82) is 0 Å². The molecule has 21 heavy (non-hydrogen) atoms. The van der Waals surface area contributed by atoms with Crippen molar-refractivity contribution in [3.8, 4) is 5.75 Å². The largest absolute Gasteiger partial charge is 0.479 e. The molecular formula is C16H13ClINO2. The van der Waals surface area contributed by atoms with Crippen LogP contribution in [-0.2, 0) is 11.3 Å². The van der Waals surface area contributed by atoms with Crippen LogP contribution in [0.25, 0.3) is 0 Å². The Balaban J connectivity index is 2.01. The molecule has 1 amide bonds. The van der Waals surface area contributed by atoms with Crippen LogP contribution in [0, 0.1) is 3.57 Å². The van der Waals surface area contributed by atoms with Crippen LogP contribution in [0.4, 0.5) is 5.69 Å². The standard InChI is InChI=1S/C16H13ClINO2/c1-10-16(20)19(9-11-4-2-3-5-13(11)17)14-7-6-12(18)8-15(14)21-10/h2-8,10H,9H2,1H3. The zero-order valence-electron chi connectivity index (χ0n) is 11.3. The molecule has 0 radical (unpaired) electrons. The first-order valence-corrected chi connectivity index (χ1v) is 8.03. The van der Waals surface area contributed by atoms with E-state index >= 15 is 0 Å². The number of rotatable bonds is 2. The lowest BCUT2D eigenvalue weighted by Gasteiger charge is -2.33. The van der Waals surface area contributed by atoms with Crippen LogP contribution in [0.3, 0.4) is 0 Å². The number of halogens is 2. The summed E-state index contributed by atoms with van der Waals surface area (Å²) < 4.78 is 6.77. The zero-order valence-corrected chi connectivity index (χ0v) is 14.3. The Bertz CT molecular complexity index is 704. The Hall–Kier alpha value is -1.27. The smallest absolute Gasteiger partial charge is 0.268 e. The van der Waals surface area contributed by atoms with Gasteiger partial charge in [-0.25, -0.2) is 0 Å². The molecule has 0 spiro atoms. The molecule has 0 saturated carbocycles. The van der Waals surface area contributed by atoms with Crippen LogP contribution < -0.4 is 9.64 Å². The second-order valence-electron chi connectivity index (χ2n) is 4.89. The summed E-state index contributed by atoms with van der Waals surface area (Å²) in [5.74, 6) is 0.685. The van der Waals surface area contributed by atoms with Gasteiger partial charge in [-0.1, -0.05) is 29.8 Å². The van der Waals surface area contributed by atoms with Crippen molar-refractivity contribution >= 4 is 45.8 Å². The highest BCUT2D eigenvalue weighted by Gasteiger charge is 2.31. The van der Waals surface area contributed by atoms with Gasteiger partial charge in [-0.05, 0) is 59.3 Å². The fourth-order valence-corrected chi connectivity index (χ4v) is 3.00. The van der Waals surface area contributed by atoms with Gasteiger partial charge in [0.2, 0.25) is 0 Å². The van der Waals surface area contributed by atoms with Gasteiger partial charge in [0.05, 0.1) is 12.2 Å². The summed E-state index contributed by atoms with van der Waals surface area (Å²) in [6.07, 6.45) is -0.488. The van der Waals surface area contributed by atoms with Crippen LogP contribution >= 0.6 is 34.2 Å². The number of hydrogen-bond acceptors (Lipinski definition) is 2. The lowest BCUT2D eigenvalue weighted by Crippen LogP contribution is -2.44. The Morgan fingerprint density at radius 1 is 1.29 bits per heavy atom. The fraction of sp³-hybridized carbons (Fsp3) is 0.188. The van der Waals surface area contributed by atoms with E-state index in [0.29, 0.717) is 11.6 Å². The number of fused-ring (bicyclic) bond motifs is 1. The van der Waals surface area contributed by atoms with E-state index in [-0.39, 0.29) is 5.91 Å². The fourth-order valence-electron chi connectivity index (χ4n) is 2.34. The van der Waals surface area contributed by atoms with E-state index in [1.165, 1.54) is 0 Å². The van der Waals surface area contributed by atoms with Gasteiger partial charge >= 0.3 is 0 Å². The molecule has 0 saturated heterocycles. The van der Waals surface area contributed by atoms with Crippen molar-refractivity contribution < 1.29 is 9.53 Å². The molecule has 3 nitrogen and oxygen atoms in total. The number of carbonyl (C=O) groups is 1. The summed E-state index contributed by atoms with van der Waals surface area (Å²) in [4.78, 5) is 14.2. The SMILES string of the molecule is CC1Oc2cc(I)ccc2N(Cc2ccccc2Cl)C1=O. The van der Waals surface area contributed by atoms with E-state index in [2.05, 4.69) is 22.6 Å². The second-order valence-corrected chi connectivity index (χ2v) is 6.54. The van der Waals surface area contributed by atoms with Crippen LogP contribution in [0.2, 0.25) is 5.02 Å². The lowest BCUT2D eigenvalue weighted by molar-refractivity contribution is -0.125. The van der Waals surface area contributed by atoms with Gasteiger partial charge in [0.25, 0.3) is 5.91 Å². The molecule has 0 N–H and O–H groups in total. The summed E-state index contributed by atoms with van der Waals surface area (Å²) in [5.41, 5.74) is 1.71. The summed E-state index contributed by atoms with van der Waals surface area (Å²) in [6, 6.07) is 13.4. The van der Waals surface area contributed by atoms with Crippen molar-refractivity contribution in [3.63, 3.8) is 0 Å². The van der Waals surface area contributed by atoms with E-state index in [4.69, 9.17) is 16.3 Å². The van der Waals surface area contributed by atoms with E-state index in [9.17, 15) is 4.79 Å². The number of anilines is 1. The van der Waals surface area contributed by atoms with E-state index in [0.717, 1.165) is 20.6 Å². The average Bonchev–Trinajstić information content (AvgIpc) is 2.45. The normalized spacial score (nSPS) is 17.4. The minimum absolute atomic E-state index is 0.0522. The molecular weight excluding hydrogens is 401 g/mol. The van der Waals surface area contributed by atoms with Gasteiger partial charge in [0, 0.05) is 8.59 Å². The highest BCUT2D eigenvalue weighted by molar-refractivity contribution is 14.1. The van der Waals surface area contributed by atoms with Crippen LogP contribution in [-0.4, -0.2) is 12.0 Å². The minimum atomic E-state index is -0.488. The van der Waals surface area contributed by atoms with E-state index < -0.39 is 6.10 Å². The van der Waals surface area contributed by atoms with Gasteiger partial charge in [-0.3, -0.25) is 4.79 Å².